The quantitative estimate of drug-likeness (QED) is 0.846. The average Bonchev–Trinajstić information content (AvgIpc) is 2.43. The number of hydrogen-bond donors (Lipinski definition) is 0. The van der Waals surface area contributed by atoms with Crippen LogP contribution in [0.2, 0.25) is 0 Å². The number of aryl methyl sites for hydroxylation is 1. The molecule has 0 amide bonds. The molecule has 5 nitrogen and oxygen atoms in total. The van der Waals surface area contributed by atoms with Crippen molar-refractivity contribution < 1.29 is 13.2 Å². The first kappa shape index (κ1) is 15.0. The van der Waals surface area contributed by atoms with Crippen molar-refractivity contribution in [1.82, 2.24) is 9.29 Å². The Balaban J connectivity index is 1.57. The molecule has 1 saturated heterocycles. The predicted octanol–water partition coefficient (Wildman–Crippen LogP) is 1.98. The first-order valence-electron chi connectivity index (χ1n) is 7.13. The lowest BCUT2D eigenvalue weighted by molar-refractivity contribution is 0.0757. The van der Waals surface area contributed by atoms with Gasteiger partial charge in [0, 0.05) is 6.20 Å². The Kier molecular flexibility index (Phi) is 4.13. The van der Waals surface area contributed by atoms with Crippen LogP contribution in [0.25, 0.3) is 0 Å². The van der Waals surface area contributed by atoms with Crippen LogP contribution in [0.15, 0.2) is 48.8 Å². The van der Waals surface area contributed by atoms with Crippen LogP contribution in [0.4, 0.5) is 0 Å². The van der Waals surface area contributed by atoms with E-state index in [0.29, 0.717) is 18.8 Å². The van der Waals surface area contributed by atoms with Gasteiger partial charge in [-0.15, -0.1) is 0 Å². The highest BCUT2D eigenvalue weighted by Gasteiger charge is 2.37. The van der Waals surface area contributed by atoms with Crippen molar-refractivity contribution in [2.45, 2.75) is 18.8 Å². The maximum absolute atomic E-state index is 12.3. The first-order chi connectivity index (χ1) is 10.5. The molecule has 3 rings (SSSR count). The number of benzene rings is 1. The molecular weight excluding hydrogens is 300 g/mol. The Morgan fingerprint density at radius 3 is 2.77 bits per heavy atom. The fourth-order valence-electron chi connectivity index (χ4n) is 2.42. The van der Waals surface area contributed by atoms with E-state index in [1.54, 1.807) is 18.5 Å². The number of aromatic nitrogens is 1. The lowest BCUT2D eigenvalue weighted by atomic mass is 10.2. The number of rotatable bonds is 5. The fourth-order valence-corrected chi connectivity index (χ4v) is 3.99. The minimum atomic E-state index is -3.28. The van der Waals surface area contributed by atoms with Crippen LogP contribution in [0, 0.1) is 6.92 Å². The van der Waals surface area contributed by atoms with Crippen LogP contribution in [0.3, 0.4) is 0 Å². The average molecular weight is 318 g/mol. The SMILES string of the molecule is Cc1cccc(CS(=O)(=O)N2CC(Oc3cccnc3)C2)c1. The molecule has 2 heterocycles. The standard InChI is InChI=1S/C16H18N2O3S/c1-13-4-2-5-14(8-13)12-22(19,20)18-10-16(11-18)21-15-6-3-7-17-9-15/h2-9,16H,10-12H2,1H3. The molecule has 0 radical (unpaired) electrons. The zero-order chi connectivity index (χ0) is 15.6. The fraction of sp³-hybridized carbons (Fsp3) is 0.312. The zero-order valence-electron chi connectivity index (χ0n) is 12.3. The van der Waals surface area contributed by atoms with E-state index in [1.165, 1.54) is 4.31 Å². The van der Waals surface area contributed by atoms with E-state index in [0.717, 1.165) is 11.1 Å². The van der Waals surface area contributed by atoms with Gasteiger partial charge in [-0.25, -0.2) is 8.42 Å². The second kappa shape index (κ2) is 6.06. The van der Waals surface area contributed by atoms with Gasteiger partial charge in [0.25, 0.3) is 0 Å². The van der Waals surface area contributed by atoms with Crippen LogP contribution >= 0.6 is 0 Å². The van der Waals surface area contributed by atoms with Crippen molar-refractivity contribution in [3.05, 3.63) is 59.9 Å². The van der Waals surface area contributed by atoms with Crippen molar-refractivity contribution in [2.75, 3.05) is 13.1 Å². The largest absolute Gasteiger partial charge is 0.486 e. The van der Waals surface area contributed by atoms with Gasteiger partial charge in [-0.2, -0.15) is 4.31 Å². The summed E-state index contributed by atoms with van der Waals surface area (Å²) >= 11 is 0. The van der Waals surface area contributed by atoms with Crippen LogP contribution in [0.5, 0.6) is 5.75 Å². The second-order valence-electron chi connectivity index (χ2n) is 5.49. The molecule has 0 unspecified atom stereocenters. The van der Waals surface area contributed by atoms with Gasteiger partial charge in [-0.1, -0.05) is 29.8 Å². The molecule has 116 valence electrons. The Labute approximate surface area is 130 Å². The molecule has 1 aliphatic heterocycles. The molecule has 2 aromatic rings. The van der Waals surface area contributed by atoms with E-state index >= 15 is 0 Å². The van der Waals surface area contributed by atoms with E-state index in [-0.39, 0.29) is 11.9 Å². The molecule has 0 atom stereocenters. The summed E-state index contributed by atoms with van der Waals surface area (Å²) < 4.78 is 31.8. The van der Waals surface area contributed by atoms with E-state index in [4.69, 9.17) is 4.74 Å². The maximum Gasteiger partial charge on any atom is 0.218 e. The number of hydrogen-bond acceptors (Lipinski definition) is 4. The Bertz CT molecular complexity index is 741. The van der Waals surface area contributed by atoms with Gasteiger partial charge in [0.15, 0.2) is 0 Å². The molecule has 1 aromatic carbocycles. The van der Waals surface area contributed by atoms with Crippen molar-refractivity contribution in [3.63, 3.8) is 0 Å². The molecule has 1 aromatic heterocycles. The van der Waals surface area contributed by atoms with Crippen LogP contribution in [0.1, 0.15) is 11.1 Å². The summed E-state index contributed by atoms with van der Waals surface area (Å²) in [4.78, 5) is 3.97. The Morgan fingerprint density at radius 2 is 2.09 bits per heavy atom. The lowest BCUT2D eigenvalue weighted by Gasteiger charge is -2.37. The highest BCUT2D eigenvalue weighted by molar-refractivity contribution is 7.88. The predicted molar refractivity (Wildman–Crippen MR) is 84.0 cm³/mol. The maximum atomic E-state index is 12.3. The Hall–Kier alpha value is -1.92. The highest BCUT2D eigenvalue weighted by Crippen LogP contribution is 2.22. The Morgan fingerprint density at radius 1 is 1.27 bits per heavy atom. The number of sulfonamides is 1. The van der Waals surface area contributed by atoms with Gasteiger partial charge >= 0.3 is 0 Å². The lowest BCUT2D eigenvalue weighted by Crippen LogP contribution is -2.56. The van der Waals surface area contributed by atoms with Gasteiger partial charge in [0.2, 0.25) is 10.0 Å². The topological polar surface area (TPSA) is 59.5 Å². The second-order valence-corrected chi connectivity index (χ2v) is 7.46. The van der Waals surface area contributed by atoms with Gasteiger partial charge in [-0.3, -0.25) is 4.98 Å². The minimum Gasteiger partial charge on any atom is -0.486 e. The highest BCUT2D eigenvalue weighted by atomic mass is 32.2. The zero-order valence-corrected chi connectivity index (χ0v) is 13.2. The van der Waals surface area contributed by atoms with Gasteiger partial charge in [0.05, 0.1) is 25.0 Å². The molecule has 6 heteroatoms. The van der Waals surface area contributed by atoms with Crippen LogP contribution in [-0.4, -0.2) is 36.9 Å². The van der Waals surface area contributed by atoms with Crippen molar-refractivity contribution in [3.8, 4) is 5.75 Å². The molecule has 22 heavy (non-hydrogen) atoms. The molecular formula is C16H18N2O3S. The minimum absolute atomic E-state index is 0.0360. The molecule has 0 saturated carbocycles. The molecule has 0 aliphatic carbocycles. The smallest absolute Gasteiger partial charge is 0.218 e. The van der Waals surface area contributed by atoms with Gasteiger partial charge in [-0.05, 0) is 24.6 Å². The molecule has 0 spiro atoms. The summed E-state index contributed by atoms with van der Waals surface area (Å²) in [5, 5.41) is 0. The molecule has 0 N–H and O–H groups in total. The van der Waals surface area contributed by atoms with Crippen molar-refractivity contribution in [2.24, 2.45) is 0 Å². The summed E-state index contributed by atoms with van der Waals surface area (Å²) in [6.07, 6.45) is 3.20. The third-order valence-corrected chi connectivity index (χ3v) is 5.36. The summed E-state index contributed by atoms with van der Waals surface area (Å²) in [6.45, 7) is 2.74. The molecule has 0 bridgehead atoms. The van der Waals surface area contributed by atoms with Crippen molar-refractivity contribution in [1.29, 1.82) is 0 Å². The van der Waals surface area contributed by atoms with Gasteiger partial charge in [0.1, 0.15) is 11.9 Å². The normalized spacial score (nSPS) is 16.2. The number of pyridine rings is 1. The van der Waals surface area contributed by atoms with E-state index in [9.17, 15) is 8.42 Å². The van der Waals surface area contributed by atoms with Crippen molar-refractivity contribution >= 4 is 10.0 Å². The summed E-state index contributed by atoms with van der Waals surface area (Å²) in [5.74, 6) is 0.706. The third-order valence-electron chi connectivity index (χ3n) is 3.58. The van der Waals surface area contributed by atoms with Crippen LogP contribution < -0.4 is 4.74 Å². The van der Waals surface area contributed by atoms with E-state index in [2.05, 4.69) is 4.98 Å². The summed E-state index contributed by atoms with van der Waals surface area (Å²) in [6, 6.07) is 11.2. The first-order valence-corrected chi connectivity index (χ1v) is 8.74. The van der Waals surface area contributed by atoms with E-state index < -0.39 is 10.0 Å². The third kappa shape index (κ3) is 3.45. The van der Waals surface area contributed by atoms with Crippen LogP contribution in [-0.2, 0) is 15.8 Å². The van der Waals surface area contributed by atoms with Gasteiger partial charge < -0.3 is 4.74 Å². The molecule has 1 fully saturated rings. The summed E-state index contributed by atoms with van der Waals surface area (Å²) in [7, 11) is -3.28. The number of nitrogens with zero attached hydrogens (tertiary/aromatic N) is 2. The molecule has 1 aliphatic rings. The monoisotopic (exact) mass is 318 g/mol. The van der Waals surface area contributed by atoms with E-state index in [1.807, 2.05) is 37.3 Å². The summed E-state index contributed by atoms with van der Waals surface area (Å²) in [5.41, 5.74) is 1.88. The number of ether oxygens (including phenoxy) is 1.